The Balaban J connectivity index is 1.68. The molecule has 0 aliphatic carbocycles. The summed E-state index contributed by atoms with van der Waals surface area (Å²) in [5, 5.41) is 9.16. The Morgan fingerprint density at radius 2 is 1.65 bits per heavy atom. The zero-order valence-electron chi connectivity index (χ0n) is 17.5. The average Bonchev–Trinajstić information content (AvgIpc) is 3.23. The van der Waals surface area contributed by atoms with Gasteiger partial charge < -0.3 is 4.74 Å². The predicted octanol–water partition coefficient (Wildman–Crippen LogP) is 5.01. The van der Waals surface area contributed by atoms with Crippen LogP contribution in [0.15, 0.2) is 78.2 Å². The Labute approximate surface area is 185 Å². The monoisotopic (exact) mass is 430 g/mol. The number of ketones is 1. The zero-order chi connectivity index (χ0) is 21.8. The molecular formula is C24H22N4O2S. The number of thioether (sulfide) groups is 1. The largest absolute Gasteiger partial charge is 0.497 e. The highest BCUT2D eigenvalue weighted by Gasteiger charge is 2.22. The van der Waals surface area contributed by atoms with Crippen molar-refractivity contribution in [1.29, 1.82) is 0 Å². The third-order valence-corrected chi connectivity index (χ3v) is 5.93. The molecule has 4 rings (SSSR count). The first-order chi connectivity index (χ1) is 15.1. The van der Waals surface area contributed by atoms with Crippen molar-refractivity contribution in [1.82, 2.24) is 19.7 Å². The van der Waals surface area contributed by atoms with Crippen LogP contribution in [0, 0.1) is 6.92 Å². The quantitative estimate of drug-likeness (QED) is 0.303. The molecule has 2 aromatic carbocycles. The van der Waals surface area contributed by atoms with E-state index in [4.69, 9.17) is 4.74 Å². The van der Waals surface area contributed by atoms with Gasteiger partial charge in [-0.15, -0.1) is 10.2 Å². The molecule has 2 heterocycles. The van der Waals surface area contributed by atoms with E-state index in [1.807, 2.05) is 54.8 Å². The summed E-state index contributed by atoms with van der Waals surface area (Å²) < 4.78 is 7.16. The maximum Gasteiger partial charge on any atom is 0.196 e. The van der Waals surface area contributed by atoms with E-state index in [0.29, 0.717) is 16.5 Å². The lowest BCUT2D eigenvalue weighted by atomic mass is 10.1. The molecule has 0 bridgehead atoms. The lowest BCUT2D eigenvalue weighted by Gasteiger charge is -2.13. The molecule has 2 aromatic heterocycles. The van der Waals surface area contributed by atoms with Gasteiger partial charge in [0.25, 0.3) is 0 Å². The second-order valence-electron chi connectivity index (χ2n) is 7.07. The molecule has 0 aliphatic rings. The lowest BCUT2D eigenvalue weighted by molar-refractivity contribution is 0.0994. The summed E-state index contributed by atoms with van der Waals surface area (Å²) in [6.45, 7) is 3.93. The smallest absolute Gasteiger partial charge is 0.196 e. The zero-order valence-corrected chi connectivity index (χ0v) is 18.3. The Morgan fingerprint density at radius 1 is 0.968 bits per heavy atom. The molecule has 156 valence electrons. The van der Waals surface area contributed by atoms with Gasteiger partial charge in [0.05, 0.1) is 12.4 Å². The van der Waals surface area contributed by atoms with Crippen LogP contribution in [0.1, 0.15) is 22.8 Å². The van der Waals surface area contributed by atoms with Crippen molar-refractivity contribution in [2.75, 3.05) is 7.11 Å². The fourth-order valence-electron chi connectivity index (χ4n) is 3.16. The second-order valence-corrected chi connectivity index (χ2v) is 8.37. The van der Waals surface area contributed by atoms with Gasteiger partial charge in [0.1, 0.15) is 5.75 Å². The molecule has 0 N–H and O–H groups in total. The van der Waals surface area contributed by atoms with E-state index in [0.717, 1.165) is 17.0 Å². The molecule has 0 amide bonds. The molecule has 31 heavy (non-hydrogen) atoms. The molecule has 4 aromatic rings. The topological polar surface area (TPSA) is 69.9 Å². The number of hydrogen-bond donors (Lipinski definition) is 0. The van der Waals surface area contributed by atoms with Crippen LogP contribution in [0.3, 0.4) is 0 Å². The molecular weight excluding hydrogens is 408 g/mol. The van der Waals surface area contributed by atoms with Crippen molar-refractivity contribution in [3.05, 3.63) is 84.2 Å². The minimum atomic E-state index is -0.341. The van der Waals surface area contributed by atoms with Gasteiger partial charge in [-0.1, -0.05) is 29.5 Å². The van der Waals surface area contributed by atoms with E-state index < -0.39 is 0 Å². The maximum absolute atomic E-state index is 13.0. The number of ether oxygens (including phenoxy) is 1. The van der Waals surface area contributed by atoms with Crippen LogP contribution in [0.5, 0.6) is 5.75 Å². The van der Waals surface area contributed by atoms with Gasteiger partial charge in [-0.05, 0) is 62.4 Å². The summed E-state index contributed by atoms with van der Waals surface area (Å²) in [5.41, 5.74) is 3.65. The number of rotatable bonds is 7. The highest BCUT2D eigenvalue weighted by atomic mass is 32.2. The van der Waals surface area contributed by atoms with Crippen LogP contribution in [-0.2, 0) is 0 Å². The summed E-state index contributed by atoms with van der Waals surface area (Å²) in [5.74, 6) is 1.45. The average molecular weight is 431 g/mol. The van der Waals surface area contributed by atoms with E-state index >= 15 is 0 Å². The third kappa shape index (κ3) is 4.51. The number of aryl methyl sites for hydroxylation is 1. The number of aromatic nitrogens is 4. The molecule has 0 aliphatic heterocycles. The molecule has 0 saturated carbocycles. The summed E-state index contributed by atoms with van der Waals surface area (Å²) in [7, 11) is 1.60. The predicted molar refractivity (Wildman–Crippen MR) is 122 cm³/mol. The van der Waals surface area contributed by atoms with Crippen LogP contribution in [0.2, 0.25) is 0 Å². The fraction of sp³-hybridized carbons (Fsp3) is 0.167. The van der Waals surface area contributed by atoms with E-state index in [9.17, 15) is 4.79 Å². The Bertz CT molecular complexity index is 1170. The second kappa shape index (κ2) is 9.14. The number of hydrogen-bond acceptors (Lipinski definition) is 6. The number of carbonyl (C=O) groups excluding carboxylic acids is 1. The van der Waals surface area contributed by atoms with Crippen LogP contribution < -0.4 is 4.74 Å². The number of carbonyl (C=O) groups is 1. The molecule has 6 nitrogen and oxygen atoms in total. The van der Waals surface area contributed by atoms with Crippen LogP contribution >= 0.6 is 11.8 Å². The number of pyridine rings is 1. The molecule has 0 saturated heterocycles. The molecule has 0 spiro atoms. The first-order valence-corrected chi connectivity index (χ1v) is 10.7. The number of nitrogens with zero attached hydrogens (tertiary/aromatic N) is 4. The van der Waals surface area contributed by atoms with Gasteiger partial charge in [0.2, 0.25) is 0 Å². The van der Waals surface area contributed by atoms with Gasteiger partial charge in [0, 0.05) is 29.2 Å². The highest BCUT2D eigenvalue weighted by molar-refractivity contribution is 8.00. The first kappa shape index (κ1) is 20.8. The normalized spacial score (nSPS) is 11.8. The maximum atomic E-state index is 13.0. The van der Waals surface area contributed by atoms with Gasteiger partial charge in [0.15, 0.2) is 16.8 Å². The van der Waals surface area contributed by atoms with Crippen molar-refractivity contribution in [2.24, 2.45) is 0 Å². The summed E-state index contributed by atoms with van der Waals surface area (Å²) in [6.07, 6.45) is 3.46. The van der Waals surface area contributed by atoms with Crippen molar-refractivity contribution in [3.8, 4) is 22.8 Å². The van der Waals surface area contributed by atoms with Crippen LogP contribution in [0.4, 0.5) is 0 Å². The Morgan fingerprint density at radius 3 is 2.29 bits per heavy atom. The van der Waals surface area contributed by atoms with E-state index in [1.165, 1.54) is 17.3 Å². The number of benzene rings is 2. The first-order valence-electron chi connectivity index (χ1n) is 9.84. The van der Waals surface area contributed by atoms with Crippen LogP contribution in [0.25, 0.3) is 17.1 Å². The lowest BCUT2D eigenvalue weighted by Crippen LogP contribution is -2.14. The minimum Gasteiger partial charge on any atom is -0.497 e. The number of methoxy groups -OCH3 is 1. The molecule has 1 atom stereocenters. The Hall–Kier alpha value is -3.45. The van der Waals surface area contributed by atoms with Crippen molar-refractivity contribution >= 4 is 17.5 Å². The van der Waals surface area contributed by atoms with Crippen LogP contribution in [-0.4, -0.2) is 37.9 Å². The number of Topliss-reactive ketones (excluding diaryl/α,β-unsaturated/α-hetero) is 1. The SMILES string of the molecule is COc1ccc(C(=O)C(C)Sc2nnc(-c3ccncc3)n2-c2ccc(C)cc2)cc1. The molecule has 0 fully saturated rings. The van der Waals surface area contributed by atoms with Crippen molar-refractivity contribution in [2.45, 2.75) is 24.3 Å². The van der Waals surface area contributed by atoms with Crippen molar-refractivity contribution < 1.29 is 9.53 Å². The summed E-state index contributed by atoms with van der Waals surface area (Å²) >= 11 is 1.39. The molecule has 0 radical (unpaired) electrons. The van der Waals surface area contributed by atoms with Gasteiger partial charge in [-0.3, -0.25) is 14.3 Å². The highest BCUT2D eigenvalue weighted by Crippen LogP contribution is 2.31. The molecule has 1 unspecified atom stereocenters. The minimum absolute atomic E-state index is 0.0246. The van der Waals surface area contributed by atoms with Crippen molar-refractivity contribution in [3.63, 3.8) is 0 Å². The third-order valence-electron chi connectivity index (χ3n) is 4.89. The van der Waals surface area contributed by atoms with E-state index in [1.54, 1.807) is 43.8 Å². The van der Waals surface area contributed by atoms with Gasteiger partial charge in [-0.2, -0.15) is 0 Å². The summed E-state index contributed by atoms with van der Waals surface area (Å²) in [4.78, 5) is 17.1. The van der Waals surface area contributed by atoms with E-state index in [2.05, 4.69) is 15.2 Å². The standard InChI is InChI=1S/C24H22N4O2S/c1-16-4-8-20(9-5-16)28-23(19-12-14-25-15-13-19)26-27-24(28)31-17(2)22(29)18-6-10-21(30-3)11-7-18/h4-15,17H,1-3H3. The van der Waals surface area contributed by atoms with Gasteiger partial charge in [-0.25, -0.2) is 0 Å². The molecule has 7 heteroatoms. The fourth-order valence-corrected chi connectivity index (χ4v) is 4.11. The Kier molecular flexibility index (Phi) is 6.13. The van der Waals surface area contributed by atoms with E-state index in [-0.39, 0.29) is 11.0 Å². The van der Waals surface area contributed by atoms with Gasteiger partial charge >= 0.3 is 0 Å². The summed E-state index contributed by atoms with van der Waals surface area (Å²) in [6, 6.07) is 19.1.